The van der Waals surface area contributed by atoms with Crippen LogP contribution < -0.4 is 15.5 Å². The second-order valence-electron chi connectivity index (χ2n) is 9.79. The summed E-state index contributed by atoms with van der Waals surface area (Å²) in [6, 6.07) is 4.19. The summed E-state index contributed by atoms with van der Waals surface area (Å²) in [5.41, 5.74) is 11.8. The highest BCUT2D eigenvalue weighted by molar-refractivity contribution is 5.87. The molecule has 6 heterocycles. The number of anilines is 3. The van der Waals surface area contributed by atoms with Crippen LogP contribution in [0.15, 0.2) is 30.7 Å². The van der Waals surface area contributed by atoms with Gasteiger partial charge in [0.1, 0.15) is 5.82 Å². The highest BCUT2D eigenvalue weighted by Gasteiger charge is 2.30. The van der Waals surface area contributed by atoms with Crippen molar-refractivity contribution in [1.82, 2.24) is 34.9 Å². The summed E-state index contributed by atoms with van der Waals surface area (Å²) < 4.78 is 1.80. The molecule has 2 aliphatic rings. The third kappa shape index (κ3) is 3.58. The van der Waals surface area contributed by atoms with Gasteiger partial charge in [0, 0.05) is 38.4 Å². The molecule has 4 aromatic heterocycles. The Morgan fingerprint density at radius 2 is 1.97 bits per heavy atom. The molecule has 6 rings (SSSR count). The van der Waals surface area contributed by atoms with E-state index in [-0.39, 0.29) is 5.41 Å². The molecule has 2 aliphatic heterocycles. The van der Waals surface area contributed by atoms with Gasteiger partial charge in [-0.15, -0.1) is 0 Å². The fraction of sp³-hybridized carbons (Fsp3) is 0.458. The zero-order valence-electron chi connectivity index (χ0n) is 19.7. The van der Waals surface area contributed by atoms with Crippen LogP contribution >= 0.6 is 0 Å². The van der Waals surface area contributed by atoms with E-state index >= 15 is 0 Å². The van der Waals surface area contributed by atoms with Gasteiger partial charge in [0.15, 0.2) is 17.0 Å². The van der Waals surface area contributed by atoms with Crippen molar-refractivity contribution in [2.45, 2.75) is 32.6 Å². The molecule has 0 bridgehead atoms. The lowest BCUT2D eigenvalue weighted by Crippen LogP contribution is -2.42. The van der Waals surface area contributed by atoms with Gasteiger partial charge in [0.25, 0.3) is 0 Å². The van der Waals surface area contributed by atoms with Gasteiger partial charge in [-0.2, -0.15) is 10.2 Å². The van der Waals surface area contributed by atoms with Gasteiger partial charge in [-0.3, -0.25) is 14.8 Å². The molecule has 0 amide bonds. The van der Waals surface area contributed by atoms with E-state index in [0.717, 1.165) is 91.7 Å². The second kappa shape index (κ2) is 8.05. The van der Waals surface area contributed by atoms with Crippen molar-refractivity contribution in [2.75, 3.05) is 36.0 Å². The third-order valence-corrected chi connectivity index (χ3v) is 7.32. The molecule has 10 nitrogen and oxygen atoms in total. The number of aromatic amines is 1. The summed E-state index contributed by atoms with van der Waals surface area (Å²) in [5, 5.41) is 12.0. The molecule has 176 valence electrons. The fourth-order valence-electron chi connectivity index (χ4n) is 4.98. The van der Waals surface area contributed by atoms with Crippen molar-refractivity contribution in [1.29, 1.82) is 0 Å². The number of piperidine rings is 1. The zero-order valence-corrected chi connectivity index (χ0v) is 19.7. The van der Waals surface area contributed by atoms with Crippen LogP contribution in [-0.4, -0.2) is 61.1 Å². The lowest BCUT2D eigenvalue weighted by atomic mass is 9.80. The third-order valence-electron chi connectivity index (χ3n) is 7.32. The summed E-state index contributed by atoms with van der Waals surface area (Å²) >= 11 is 0. The number of rotatable bonds is 4. The second-order valence-corrected chi connectivity index (χ2v) is 9.79. The molecule has 0 spiro atoms. The Morgan fingerprint density at radius 3 is 2.74 bits per heavy atom. The maximum absolute atomic E-state index is 5.97. The van der Waals surface area contributed by atoms with E-state index < -0.39 is 0 Å². The molecule has 4 aromatic rings. The van der Waals surface area contributed by atoms with Crippen molar-refractivity contribution < 1.29 is 0 Å². The van der Waals surface area contributed by atoms with E-state index in [4.69, 9.17) is 20.7 Å². The number of hydrogen-bond donors (Lipinski definition) is 2. The number of nitrogens with one attached hydrogen (secondary N) is 1. The number of H-pyrrole nitrogens is 1. The number of hydrogen-bond acceptors (Lipinski definition) is 8. The maximum atomic E-state index is 5.97. The fourth-order valence-corrected chi connectivity index (χ4v) is 4.98. The van der Waals surface area contributed by atoms with Crippen molar-refractivity contribution in [2.24, 2.45) is 18.2 Å². The lowest BCUT2D eigenvalue weighted by molar-refractivity contribution is 0.258. The van der Waals surface area contributed by atoms with Crippen molar-refractivity contribution in [3.63, 3.8) is 0 Å². The predicted octanol–water partition coefficient (Wildman–Crippen LogP) is 2.80. The van der Waals surface area contributed by atoms with Crippen LogP contribution in [0.1, 0.15) is 31.9 Å². The van der Waals surface area contributed by atoms with Gasteiger partial charge >= 0.3 is 0 Å². The topological polar surface area (TPSA) is 118 Å². The summed E-state index contributed by atoms with van der Waals surface area (Å²) in [6.07, 6.45) is 9.79. The minimum absolute atomic E-state index is 0.224. The van der Waals surface area contributed by atoms with Crippen LogP contribution in [0.5, 0.6) is 0 Å². The molecular weight excluding hydrogens is 428 g/mol. The first-order valence-electron chi connectivity index (χ1n) is 12.0. The quantitative estimate of drug-likeness (QED) is 0.479. The first kappa shape index (κ1) is 21.0. The minimum atomic E-state index is 0.224. The molecule has 0 radical (unpaired) electrons. The molecule has 0 aliphatic carbocycles. The highest BCUT2D eigenvalue weighted by Crippen LogP contribution is 2.36. The smallest absolute Gasteiger partial charge is 0.183 e. The maximum Gasteiger partial charge on any atom is 0.183 e. The Balaban J connectivity index is 1.29. The Bertz CT molecular complexity index is 1330. The van der Waals surface area contributed by atoms with Gasteiger partial charge in [0.2, 0.25) is 0 Å². The summed E-state index contributed by atoms with van der Waals surface area (Å²) in [5.74, 6) is 1.70. The molecule has 0 unspecified atom stereocenters. The van der Waals surface area contributed by atoms with E-state index in [1.807, 2.05) is 25.6 Å². The number of aromatic nitrogens is 7. The van der Waals surface area contributed by atoms with Crippen molar-refractivity contribution in [3.05, 3.63) is 36.4 Å². The standard InChI is InChI=1S/C24H30N10/c1-24(15-25)7-10-33(11-8-24)20-13-26-21-22(29-20)30-31-23(21)34-9-3-4-18-19(34)6-5-17(28-18)16-12-27-32(2)14-16/h5-6,12-14H,3-4,7-11,15,25H2,1-2H3,(H,29,30,31). The van der Waals surface area contributed by atoms with Crippen molar-refractivity contribution >= 4 is 28.5 Å². The molecule has 0 aromatic carbocycles. The molecule has 1 saturated heterocycles. The molecular formula is C24H30N10. The first-order valence-corrected chi connectivity index (χ1v) is 12.0. The Kier molecular flexibility index (Phi) is 4.98. The van der Waals surface area contributed by atoms with Crippen LogP contribution in [0.2, 0.25) is 0 Å². The van der Waals surface area contributed by atoms with Crippen LogP contribution in [0.25, 0.3) is 22.4 Å². The van der Waals surface area contributed by atoms with Crippen molar-refractivity contribution in [3.8, 4) is 11.3 Å². The average molecular weight is 459 g/mol. The number of pyridine rings is 1. The SMILES string of the molecule is Cn1cc(-c2ccc3c(n2)CCCN3c2n[nH]c3nc(N4CCC(C)(CN)CC4)cnc23)cn1. The van der Waals surface area contributed by atoms with E-state index in [1.165, 1.54) is 0 Å². The molecule has 3 N–H and O–H groups in total. The number of fused-ring (bicyclic) bond motifs is 2. The van der Waals surface area contributed by atoms with Crippen LogP contribution in [-0.2, 0) is 13.5 Å². The molecule has 1 fully saturated rings. The Morgan fingerprint density at radius 1 is 1.12 bits per heavy atom. The summed E-state index contributed by atoms with van der Waals surface area (Å²) in [6.45, 7) is 5.75. The van der Waals surface area contributed by atoms with Gasteiger partial charge in [-0.05, 0) is 49.8 Å². The predicted molar refractivity (Wildman–Crippen MR) is 132 cm³/mol. The molecule has 10 heteroatoms. The van der Waals surface area contributed by atoms with Gasteiger partial charge in [-0.25, -0.2) is 9.97 Å². The monoisotopic (exact) mass is 458 g/mol. The summed E-state index contributed by atoms with van der Waals surface area (Å²) in [7, 11) is 1.92. The van der Waals surface area contributed by atoms with Gasteiger partial charge in [0.05, 0.1) is 29.5 Å². The lowest BCUT2D eigenvalue weighted by Gasteiger charge is -2.39. The zero-order chi connectivity index (χ0) is 23.3. The Hall–Kier alpha value is -3.53. The normalized spacial score (nSPS) is 17.9. The van der Waals surface area contributed by atoms with Crippen LogP contribution in [0, 0.1) is 5.41 Å². The van der Waals surface area contributed by atoms with E-state index in [2.05, 4.69) is 44.2 Å². The van der Waals surface area contributed by atoms with Crippen LogP contribution in [0.4, 0.5) is 17.3 Å². The highest BCUT2D eigenvalue weighted by atomic mass is 15.3. The average Bonchev–Trinajstić information content (AvgIpc) is 3.49. The molecule has 0 saturated carbocycles. The van der Waals surface area contributed by atoms with Gasteiger partial charge in [-0.1, -0.05) is 6.92 Å². The molecule has 0 atom stereocenters. The number of nitrogens with two attached hydrogens (primary N) is 1. The summed E-state index contributed by atoms with van der Waals surface area (Å²) in [4.78, 5) is 19.1. The minimum Gasteiger partial charge on any atom is -0.355 e. The van der Waals surface area contributed by atoms with Crippen LogP contribution in [0.3, 0.4) is 0 Å². The largest absolute Gasteiger partial charge is 0.355 e. The van der Waals surface area contributed by atoms with E-state index in [9.17, 15) is 0 Å². The van der Waals surface area contributed by atoms with E-state index in [1.54, 1.807) is 4.68 Å². The Labute approximate surface area is 198 Å². The number of nitrogens with zero attached hydrogens (tertiary/aromatic N) is 8. The number of aryl methyl sites for hydroxylation is 2. The van der Waals surface area contributed by atoms with Gasteiger partial charge < -0.3 is 15.5 Å². The first-order chi connectivity index (χ1) is 16.5. The van der Waals surface area contributed by atoms with E-state index in [0.29, 0.717) is 5.65 Å². The molecule has 34 heavy (non-hydrogen) atoms.